The minimum absolute atomic E-state index is 0.0482. The highest BCUT2D eigenvalue weighted by Gasteiger charge is 2.27. The van der Waals surface area contributed by atoms with Crippen molar-refractivity contribution < 1.29 is 13.2 Å². The highest BCUT2D eigenvalue weighted by atomic mass is 79.9. The summed E-state index contributed by atoms with van der Waals surface area (Å²) in [5.74, 6) is 0.106. The molecule has 1 nitrogen and oxygen atoms in total. The fourth-order valence-corrected chi connectivity index (χ4v) is 2.03. The fraction of sp³-hybridized carbons (Fsp3) is 1.00. The Labute approximate surface area is 95.5 Å². The monoisotopic (exact) mass is 293 g/mol. The van der Waals surface area contributed by atoms with Crippen molar-refractivity contribution in [3.63, 3.8) is 0 Å². The van der Waals surface area contributed by atoms with Gasteiger partial charge in [0.15, 0.2) is 0 Å². The number of hydrogen-bond donors (Lipinski definition) is 0. The molecule has 0 aliphatic carbocycles. The maximum atomic E-state index is 11.8. The van der Waals surface area contributed by atoms with Crippen LogP contribution in [0, 0.1) is 0 Å². The second kappa shape index (κ2) is 6.95. The topological polar surface area (TPSA) is 3.24 Å². The van der Waals surface area contributed by atoms with E-state index < -0.39 is 5.51 Å². The molecule has 0 N–H and O–H groups in total. The SMILES string of the molecule is CC(C)N(CCBr)CCSC(F)(F)F. The standard InChI is InChI=1S/C8H15BrF3NS/c1-7(2)13(4-3-9)5-6-14-8(10,11)12/h7H,3-6H2,1-2H3. The predicted octanol–water partition coefficient (Wildman–Crippen LogP) is 3.34. The van der Waals surface area contributed by atoms with Crippen LogP contribution in [-0.2, 0) is 0 Å². The van der Waals surface area contributed by atoms with E-state index >= 15 is 0 Å². The first-order chi connectivity index (χ1) is 6.37. The summed E-state index contributed by atoms with van der Waals surface area (Å²) < 4.78 is 35.5. The summed E-state index contributed by atoms with van der Waals surface area (Å²) >= 11 is 3.33. The molecule has 6 heteroatoms. The molecule has 14 heavy (non-hydrogen) atoms. The van der Waals surface area contributed by atoms with Gasteiger partial charge >= 0.3 is 5.51 Å². The van der Waals surface area contributed by atoms with Gasteiger partial charge in [0.05, 0.1) is 0 Å². The summed E-state index contributed by atoms with van der Waals surface area (Å²) in [6.07, 6.45) is 0. The van der Waals surface area contributed by atoms with Gasteiger partial charge in [-0.2, -0.15) is 13.2 Å². The molecule has 0 aromatic heterocycles. The molecule has 0 amide bonds. The Balaban J connectivity index is 3.72. The molecule has 0 atom stereocenters. The van der Waals surface area contributed by atoms with E-state index in [9.17, 15) is 13.2 Å². The summed E-state index contributed by atoms with van der Waals surface area (Å²) in [4.78, 5) is 2.02. The number of nitrogens with zero attached hydrogens (tertiary/aromatic N) is 1. The molecule has 0 rings (SSSR count). The van der Waals surface area contributed by atoms with Gasteiger partial charge in [-0.1, -0.05) is 15.9 Å². The van der Waals surface area contributed by atoms with Gasteiger partial charge in [0, 0.05) is 30.2 Å². The van der Waals surface area contributed by atoms with Gasteiger partial charge in [0.25, 0.3) is 0 Å². The maximum Gasteiger partial charge on any atom is 0.441 e. The van der Waals surface area contributed by atoms with E-state index in [1.54, 1.807) is 0 Å². The Kier molecular flexibility index (Phi) is 7.24. The zero-order valence-corrected chi connectivity index (χ0v) is 10.7. The van der Waals surface area contributed by atoms with E-state index in [1.165, 1.54) is 0 Å². The van der Waals surface area contributed by atoms with Crippen molar-refractivity contribution in [2.75, 3.05) is 24.2 Å². The van der Waals surface area contributed by atoms with Crippen molar-refractivity contribution in [2.24, 2.45) is 0 Å². The van der Waals surface area contributed by atoms with Crippen LogP contribution in [0.15, 0.2) is 0 Å². The molecular weight excluding hydrogens is 279 g/mol. The minimum atomic E-state index is -4.10. The number of hydrogen-bond acceptors (Lipinski definition) is 2. The first-order valence-corrected chi connectivity index (χ1v) is 6.48. The molecule has 86 valence electrons. The van der Waals surface area contributed by atoms with E-state index in [-0.39, 0.29) is 17.5 Å². The molecule has 0 bridgehead atoms. The predicted molar refractivity (Wildman–Crippen MR) is 59.0 cm³/mol. The summed E-state index contributed by atoms with van der Waals surface area (Å²) in [5.41, 5.74) is -4.10. The molecule has 0 aromatic rings. The van der Waals surface area contributed by atoms with Crippen LogP contribution in [-0.4, -0.2) is 40.6 Å². The van der Waals surface area contributed by atoms with E-state index in [0.29, 0.717) is 12.6 Å². The number of halogens is 4. The van der Waals surface area contributed by atoms with Gasteiger partial charge in [0.1, 0.15) is 0 Å². The lowest BCUT2D eigenvalue weighted by Gasteiger charge is -2.25. The van der Waals surface area contributed by atoms with Gasteiger partial charge in [-0.05, 0) is 25.6 Å². The molecule has 0 aliphatic heterocycles. The lowest BCUT2D eigenvalue weighted by Crippen LogP contribution is -2.34. The smallest absolute Gasteiger partial charge is 0.299 e. The molecule has 0 fully saturated rings. The van der Waals surface area contributed by atoms with Crippen LogP contribution in [0.3, 0.4) is 0 Å². The van der Waals surface area contributed by atoms with E-state index in [2.05, 4.69) is 15.9 Å². The quantitative estimate of drug-likeness (QED) is 0.691. The van der Waals surface area contributed by atoms with Gasteiger partial charge in [-0.3, -0.25) is 4.90 Å². The van der Waals surface area contributed by atoms with Crippen molar-refractivity contribution in [1.82, 2.24) is 4.90 Å². The van der Waals surface area contributed by atoms with Crippen molar-refractivity contribution >= 4 is 27.7 Å². The molecule has 0 unspecified atom stereocenters. The zero-order valence-electron chi connectivity index (χ0n) is 8.27. The van der Waals surface area contributed by atoms with Crippen LogP contribution < -0.4 is 0 Å². The molecule has 0 radical (unpaired) electrons. The third-order valence-electron chi connectivity index (χ3n) is 1.75. The van der Waals surface area contributed by atoms with Crippen molar-refractivity contribution in [2.45, 2.75) is 25.4 Å². The Bertz CT molecular complexity index is 152. The van der Waals surface area contributed by atoms with Crippen LogP contribution in [0.5, 0.6) is 0 Å². The summed E-state index contributed by atoms with van der Waals surface area (Å²) in [5, 5.41) is 0.794. The fourth-order valence-electron chi connectivity index (χ4n) is 1.02. The highest BCUT2D eigenvalue weighted by molar-refractivity contribution is 9.09. The molecule has 0 saturated heterocycles. The zero-order chi connectivity index (χ0) is 11.2. The van der Waals surface area contributed by atoms with Gasteiger partial charge in [0.2, 0.25) is 0 Å². The Morgan fingerprint density at radius 3 is 2.21 bits per heavy atom. The van der Waals surface area contributed by atoms with E-state index in [0.717, 1.165) is 11.9 Å². The van der Waals surface area contributed by atoms with Crippen molar-refractivity contribution in [3.8, 4) is 0 Å². The molecule has 0 saturated carbocycles. The van der Waals surface area contributed by atoms with E-state index in [4.69, 9.17) is 0 Å². The molecule has 0 heterocycles. The molecule has 0 aromatic carbocycles. The van der Waals surface area contributed by atoms with Gasteiger partial charge < -0.3 is 0 Å². The first-order valence-electron chi connectivity index (χ1n) is 4.37. The molecule has 0 aliphatic rings. The second-order valence-corrected chi connectivity index (χ2v) is 5.07. The van der Waals surface area contributed by atoms with Gasteiger partial charge in [-0.25, -0.2) is 0 Å². The number of thioether (sulfide) groups is 1. The Morgan fingerprint density at radius 2 is 1.86 bits per heavy atom. The third kappa shape index (κ3) is 7.94. The number of rotatable bonds is 6. The molecule has 0 spiro atoms. The second-order valence-electron chi connectivity index (χ2n) is 3.11. The Morgan fingerprint density at radius 1 is 1.29 bits per heavy atom. The van der Waals surface area contributed by atoms with E-state index in [1.807, 2.05) is 18.7 Å². The minimum Gasteiger partial charge on any atom is -0.299 e. The largest absolute Gasteiger partial charge is 0.441 e. The summed E-state index contributed by atoms with van der Waals surface area (Å²) in [6, 6.07) is 0.293. The highest BCUT2D eigenvalue weighted by Crippen LogP contribution is 2.29. The van der Waals surface area contributed by atoms with Crippen molar-refractivity contribution in [3.05, 3.63) is 0 Å². The van der Waals surface area contributed by atoms with Crippen LogP contribution >= 0.6 is 27.7 Å². The maximum absolute atomic E-state index is 11.8. The number of alkyl halides is 4. The molecular formula is C8H15BrF3NS. The Hall–Kier alpha value is 0.580. The summed E-state index contributed by atoms with van der Waals surface area (Å²) in [7, 11) is 0. The van der Waals surface area contributed by atoms with Crippen LogP contribution in [0.4, 0.5) is 13.2 Å². The van der Waals surface area contributed by atoms with Crippen molar-refractivity contribution in [1.29, 1.82) is 0 Å². The first kappa shape index (κ1) is 14.6. The normalized spacial score (nSPS) is 12.9. The summed E-state index contributed by atoms with van der Waals surface area (Å²) in [6.45, 7) is 5.24. The third-order valence-corrected chi connectivity index (χ3v) is 2.81. The van der Waals surface area contributed by atoms with Crippen LogP contribution in [0.2, 0.25) is 0 Å². The van der Waals surface area contributed by atoms with Crippen LogP contribution in [0.1, 0.15) is 13.8 Å². The van der Waals surface area contributed by atoms with Gasteiger partial charge in [-0.15, -0.1) is 0 Å². The lowest BCUT2D eigenvalue weighted by molar-refractivity contribution is -0.0329. The average Bonchev–Trinajstić information content (AvgIpc) is 2.00. The van der Waals surface area contributed by atoms with Crippen LogP contribution in [0.25, 0.3) is 0 Å². The lowest BCUT2D eigenvalue weighted by atomic mass is 10.3. The average molecular weight is 294 g/mol.